The van der Waals surface area contributed by atoms with Crippen LogP contribution in [0.1, 0.15) is 32.6 Å². The van der Waals surface area contributed by atoms with Gasteiger partial charge in [0.25, 0.3) is 0 Å². The highest BCUT2D eigenvalue weighted by molar-refractivity contribution is 5.93. The fraction of sp³-hybridized carbons (Fsp3) is 0.538. The smallest absolute Gasteiger partial charge is 0.300 e. The van der Waals surface area contributed by atoms with E-state index in [4.69, 9.17) is 0 Å². The van der Waals surface area contributed by atoms with E-state index in [0.717, 1.165) is 12.2 Å². The largest absolute Gasteiger partial charge is 0.383 e. The Bertz CT molecular complexity index is 646. The first-order valence-electron chi connectivity index (χ1n) is 6.73. The van der Waals surface area contributed by atoms with E-state index in [-0.39, 0.29) is 16.6 Å². The zero-order valence-electron chi connectivity index (χ0n) is 11.3. The zero-order chi connectivity index (χ0) is 14.2. The second-order valence-corrected chi connectivity index (χ2v) is 5.72. The molecule has 0 spiro atoms. The van der Waals surface area contributed by atoms with Crippen LogP contribution in [0.25, 0.3) is 11.0 Å². The molecule has 0 saturated heterocycles. The van der Waals surface area contributed by atoms with E-state index < -0.39 is 4.92 Å². The molecular formula is C13H16N4O3. The lowest BCUT2D eigenvalue weighted by atomic mass is 9.89. The number of benzene rings is 1. The SMILES string of the molecule is CC1(CNc2ccc([N+](=O)[O-])c3nonc23)CCCC1. The normalized spacial score (nSPS) is 17.4. The van der Waals surface area contributed by atoms with Gasteiger partial charge in [-0.3, -0.25) is 10.1 Å². The van der Waals surface area contributed by atoms with Gasteiger partial charge in [-0.25, -0.2) is 4.63 Å². The lowest BCUT2D eigenvalue weighted by Crippen LogP contribution is -2.23. The summed E-state index contributed by atoms with van der Waals surface area (Å²) in [6.07, 6.45) is 4.93. The molecule has 1 aromatic carbocycles. The van der Waals surface area contributed by atoms with E-state index in [1.165, 1.54) is 31.7 Å². The summed E-state index contributed by atoms with van der Waals surface area (Å²) in [6.45, 7) is 3.09. The molecule has 1 fully saturated rings. The maximum atomic E-state index is 10.9. The van der Waals surface area contributed by atoms with Crippen molar-refractivity contribution in [3.63, 3.8) is 0 Å². The number of aromatic nitrogens is 2. The monoisotopic (exact) mass is 276 g/mol. The summed E-state index contributed by atoms with van der Waals surface area (Å²) in [5, 5.41) is 21.7. The van der Waals surface area contributed by atoms with Crippen LogP contribution in [0.15, 0.2) is 16.8 Å². The average molecular weight is 276 g/mol. The average Bonchev–Trinajstić information content (AvgIpc) is 3.05. The van der Waals surface area contributed by atoms with Crippen LogP contribution in [-0.2, 0) is 0 Å². The Morgan fingerprint density at radius 3 is 2.75 bits per heavy atom. The van der Waals surface area contributed by atoms with Crippen molar-refractivity contribution in [2.45, 2.75) is 32.6 Å². The van der Waals surface area contributed by atoms with E-state index in [0.29, 0.717) is 5.52 Å². The molecule has 7 nitrogen and oxygen atoms in total. The molecule has 7 heteroatoms. The highest BCUT2D eigenvalue weighted by Gasteiger charge is 2.29. The van der Waals surface area contributed by atoms with E-state index in [2.05, 4.69) is 27.2 Å². The van der Waals surface area contributed by atoms with Gasteiger partial charge in [0.05, 0.1) is 10.6 Å². The molecule has 1 saturated carbocycles. The standard InChI is InChI=1S/C13H16N4O3/c1-13(6-2-3-7-13)8-14-9-4-5-10(17(18)19)12-11(9)15-20-16-12/h4-5,14H,2-3,6-8H2,1H3. The molecular weight excluding hydrogens is 260 g/mol. The molecule has 0 aliphatic heterocycles. The van der Waals surface area contributed by atoms with Crippen LogP contribution in [0.5, 0.6) is 0 Å². The highest BCUT2D eigenvalue weighted by atomic mass is 16.6. The van der Waals surface area contributed by atoms with Gasteiger partial charge in [-0.15, -0.1) is 0 Å². The Balaban J connectivity index is 1.87. The molecule has 3 rings (SSSR count). The molecule has 1 aliphatic carbocycles. The van der Waals surface area contributed by atoms with Gasteiger partial charge in [0.15, 0.2) is 5.52 Å². The Labute approximate surface area is 115 Å². The lowest BCUT2D eigenvalue weighted by molar-refractivity contribution is -0.383. The summed E-state index contributed by atoms with van der Waals surface area (Å²) in [7, 11) is 0. The molecule has 0 atom stereocenters. The quantitative estimate of drug-likeness (QED) is 0.681. The summed E-state index contributed by atoms with van der Waals surface area (Å²) in [5.74, 6) is 0. The van der Waals surface area contributed by atoms with Crippen molar-refractivity contribution in [2.24, 2.45) is 5.41 Å². The molecule has 1 heterocycles. The number of non-ortho nitro benzene ring substituents is 1. The summed E-state index contributed by atoms with van der Waals surface area (Å²) in [4.78, 5) is 10.4. The van der Waals surface area contributed by atoms with Gasteiger partial charge in [0, 0.05) is 12.6 Å². The van der Waals surface area contributed by atoms with E-state index in [1.54, 1.807) is 6.07 Å². The third-order valence-corrected chi connectivity index (χ3v) is 4.11. The predicted molar refractivity (Wildman–Crippen MR) is 73.5 cm³/mol. The zero-order valence-corrected chi connectivity index (χ0v) is 11.3. The van der Waals surface area contributed by atoms with E-state index in [9.17, 15) is 10.1 Å². The topological polar surface area (TPSA) is 94.1 Å². The molecule has 0 radical (unpaired) electrons. The second-order valence-electron chi connectivity index (χ2n) is 5.72. The first kappa shape index (κ1) is 12.8. The van der Waals surface area contributed by atoms with Crippen LogP contribution in [0.4, 0.5) is 11.4 Å². The van der Waals surface area contributed by atoms with Crippen LogP contribution >= 0.6 is 0 Å². The Hall–Kier alpha value is -2.18. The minimum absolute atomic E-state index is 0.0844. The van der Waals surface area contributed by atoms with Crippen molar-refractivity contribution in [2.75, 3.05) is 11.9 Å². The van der Waals surface area contributed by atoms with Crippen molar-refractivity contribution in [3.8, 4) is 0 Å². The molecule has 1 aliphatic rings. The lowest BCUT2D eigenvalue weighted by Gasteiger charge is -2.24. The van der Waals surface area contributed by atoms with Crippen molar-refractivity contribution in [1.82, 2.24) is 10.3 Å². The third-order valence-electron chi connectivity index (χ3n) is 4.11. The van der Waals surface area contributed by atoms with Gasteiger partial charge < -0.3 is 5.32 Å². The van der Waals surface area contributed by atoms with Crippen LogP contribution in [0, 0.1) is 15.5 Å². The van der Waals surface area contributed by atoms with E-state index >= 15 is 0 Å². The summed E-state index contributed by atoms with van der Waals surface area (Å²) < 4.78 is 4.65. The Morgan fingerprint density at radius 1 is 1.35 bits per heavy atom. The molecule has 0 amide bonds. The van der Waals surface area contributed by atoms with Gasteiger partial charge in [-0.05, 0) is 34.6 Å². The third kappa shape index (κ3) is 2.19. The number of nitro benzene ring substituents is 1. The highest BCUT2D eigenvalue weighted by Crippen LogP contribution is 2.38. The Morgan fingerprint density at radius 2 is 2.05 bits per heavy atom. The first-order valence-corrected chi connectivity index (χ1v) is 6.73. The number of rotatable bonds is 4. The van der Waals surface area contributed by atoms with Crippen LogP contribution in [0.3, 0.4) is 0 Å². The predicted octanol–water partition coefficient (Wildman–Crippen LogP) is 3.12. The number of hydrogen-bond acceptors (Lipinski definition) is 6. The van der Waals surface area contributed by atoms with Crippen molar-refractivity contribution < 1.29 is 9.55 Å². The molecule has 20 heavy (non-hydrogen) atoms. The molecule has 1 aromatic heterocycles. The number of fused-ring (bicyclic) bond motifs is 1. The van der Waals surface area contributed by atoms with Gasteiger partial charge >= 0.3 is 5.69 Å². The number of nitro groups is 1. The fourth-order valence-corrected chi connectivity index (χ4v) is 2.86. The number of anilines is 1. The van der Waals surface area contributed by atoms with Gasteiger partial charge in [0.1, 0.15) is 0 Å². The molecule has 0 bridgehead atoms. The number of nitrogens with zero attached hydrogens (tertiary/aromatic N) is 3. The number of nitrogens with one attached hydrogen (secondary N) is 1. The minimum atomic E-state index is -0.478. The maximum Gasteiger partial charge on any atom is 0.300 e. The first-order chi connectivity index (χ1) is 9.59. The summed E-state index contributed by atoms with van der Waals surface area (Å²) in [5.41, 5.74) is 1.54. The Kier molecular flexibility index (Phi) is 3.04. The molecule has 1 N–H and O–H groups in total. The fourth-order valence-electron chi connectivity index (χ4n) is 2.86. The van der Waals surface area contributed by atoms with Gasteiger partial charge in [-0.2, -0.15) is 0 Å². The van der Waals surface area contributed by atoms with Crippen LogP contribution < -0.4 is 5.32 Å². The van der Waals surface area contributed by atoms with Crippen LogP contribution in [-0.4, -0.2) is 21.8 Å². The van der Waals surface area contributed by atoms with Crippen molar-refractivity contribution in [1.29, 1.82) is 0 Å². The molecule has 106 valence electrons. The molecule has 0 unspecified atom stereocenters. The second kappa shape index (κ2) is 4.73. The number of hydrogen-bond donors (Lipinski definition) is 1. The van der Waals surface area contributed by atoms with Gasteiger partial charge in [-0.1, -0.05) is 19.8 Å². The van der Waals surface area contributed by atoms with Crippen LogP contribution in [0.2, 0.25) is 0 Å². The summed E-state index contributed by atoms with van der Waals surface area (Å²) >= 11 is 0. The van der Waals surface area contributed by atoms with E-state index in [1.807, 2.05) is 0 Å². The summed E-state index contributed by atoms with van der Waals surface area (Å²) in [6, 6.07) is 3.11. The minimum Gasteiger partial charge on any atom is -0.383 e. The maximum absolute atomic E-state index is 10.9. The molecule has 2 aromatic rings. The van der Waals surface area contributed by atoms with Crippen molar-refractivity contribution in [3.05, 3.63) is 22.2 Å². The van der Waals surface area contributed by atoms with Crippen molar-refractivity contribution >= 4 is 22.4 Å². The van der Waals surface area contributed by atoms with Gasteiger partial charge in [0.2, 0.25) is 5.52 Å².